The number of hydrogen-bond acceptors (Lipinski definition) is 10. The normalized spacial score (nSPS) is 15.2. The number of rotatable bonds is 36. The summed E-state index contributed by atoms with van der Waals surface area (Å²) in [6.07, 6.45) is 9.21. The predicted molar refractivity (Wildman–Crippen MR) is 426 cm³/mol. The minimum atomic E-state index is -0.867. The van der Waals surface area contributed by atoms with Crippen LogP contribution in [-0.2, 0) is 73.5 Å². The van der Waals surface area contributed by atoms with E-state index in [4.69, 9.17) is 26.2 Å². The van der Waals surface area contributed by atoms with Crippen molar-refractivity contribution in [2.75, 3.05) is 13.2 Å². The van der Waals surface area contributed by atoms with E-state index in [0.717, 1.165) is 67.2 Å². The molecule has 0 radical (unpaired) electrons. The first-order chi connectivity index (χ1) is 48.3. The number of carbonyl (C=O) groups excluding carboxylic acids is 7. The van der Waals surface area contributed by atoms with Crippen molar-refractivity contribution < 1.29 is 52.9 Å². The van der Waals surface area contributed by atoms with Crippen LogP contribution < -0.4 is 21.3 Å². The summed E-state index contributed by atoms with van der Waals surface area (Å²) in [5.74, 6) is -1.43. The summed E-state index contributed by atoms with van der Waals surface area (Å²) in [4.78, 5) is 101. The molecule has 0 spiro atoms. The van der Waals surface area contributed by atoms with Gasteiger partial charge in [0.05, 0.1) is 19.1 Å². The van der Waals surface area contributed by atoms with Gasteiger partial charge in [0.1, 0.15) is 24.2 Å². The fraction of sp³-hybridized carbons (Fsp3) is 0.636. The van der Waals surface area contributed by atoms with Crippen LogP contribution in [0.5, 0.6) is 0 Å². The maximum absolute atomic E-state index is 14.1. The van der Waals surface area contributed by atoms with E-state index < -0.39 is 48.0 Å². The zero-order chi connectivity index (χ0) is 79.3. The number of amides is 4. The molecule has 0 saturated carbocycles. The van der Waals surface area contributed by atoms with Gasteiger partial charge >= 0.3 is 17.9 Å². The minimum Gasteiger partial charge on any atom is -0.481 e. The molecule has 584 valence electrons. The molecule has 5 N–H and O–H groups in total. The summed E-state index contributed by atoms with van der Waals surface area (Å²) in [6, 6.07) is 34.8. The highest BCUT2D eigenvalue weighted by atomic mass is 35.5. The number of esters is 2. The summed E-state index contributed by atoms with van der Waals surface area (Å²) < 4.78 is 10.5. The molecule has 0 aliphatic rings. The molecule has 16 heteroatoms. The van der Waals surface area contributed by atoms with Crippen LogP contribution in [0.3, 0.4) is 0 Å². The van der Waals surface area contributed by atoms with E-state index in [1.807, 2.05) is 156 Å². The van der Waals surface area contributed by atoms with Crippen molar-refractivity contribution in [3.8, 4) is 0 Å². The van der Waals surface area contributed by atoms with E-state index in [1.165, 1.54) is 6.42 Å². The van der Waals surface area contributed by atoms with Crippen molar-refractivity contribution in [2.24, 2.45) is 80.8 Å². The molecule has 0 bridgehead atoms. The lowest BCUT2D eigenvalue weighted by atomic mass is 9.75. The van der Waals surface area contributed by atoms with Gasteiger partial charge in [-0.15, -0.1) is 0 Å². The first kappa shape index (κ1) is 95.1. The van der Waals surface area contributed by atoms with Gasteiger partial charge in [-0.3, -0.25) is 28.8 Å². The third-order valence-electron chi connectivity index (χ3n) is 18.7. The number of nitrogens with one attached hydrogen (secondary N) is 4. The van der Waals surface area contributed by atoms with E-state index in [9.17, 15) is 38.4 Å². The van der Waals surface area contributed by atoms with Crippen molar-refractivity contribution in [1.29, 1.82) is 0 Å². The second-order valence-electron chi connectivity index (χ2n) is 34.8. The molecule has 104 heavy (non-hydrogen) atoms. The van der Waals surface area contributed by atoms with Gasteiger partial charge in [0.15, 0.2) is 0 Å². The average molecular weight is 1460 g/mol. The summed E-state index contributed by atoms with van der Waals surface area (Å²) in [5.41, 5.74) is 4.57. The Hall–Kier alpha value is -6.87. The summed E-state index contributed by atoms with van der Waals surface area (Å²) in [7, 11) is 0. The maximum Gasteiger partial charge on any atom is 0.328 e. The Morgan fingerprint density at radius 3 is 0.894 bits per heavy atom. The lowest BCUT2D eigenvalue weighted by Crippen LogP contribution is -2.54. The number of carbonyl (C=O) groups is 8. The van der Waals surface area contributed by atoms with Crippen LogP contribution in [0.25, 0.3) is 0 Å². The molecular weight excluding hydrogens is 1320 g/mol. The molecule has 4 aromatic rings. The number of ether oxygens (including phenoxy) is 2. The van der Waals surface area contributed by atoms with Gasteiger partial charge in [-0.25, -0.2) is 9.59 Å². The van der Waals surface area contributed by atoms with Crippen molar-refractivity contribution in [2.45, 2.75) is 267 Å². The topological polar surface area (TPSA) is 223 Å². The van der Waals surface area contributed by atoms with Gasteiger partial charge in [-0.05, 0) is 156 Å². The molecule has 4 rings (SSSR count). The van der Waals surface area contributed by atoms with E-state index in [0.29, 0.717) is 48.9 Å². The fourth-order valence-corrected chi connectivity index (χ4v) is 13.5. The number of aliphatic carboxylic acids is 1. The van der Waals surface area contributed by atoms with Gasteiger partial charge in [-0.2, -0.15) is 0 Å². The Bertz CT molecular complexity index is 3120. The monoisotopic (exact) mass is 1460 g/mol. The Morgan fingerprint density at radius 1 is 0.365 bits per heavy atom. The summed E-state index contributed by atoms with van der Waals surface area (Å²) >= 11 is 5.85. The third-order valence-corrected chi connectivity index (χ3v) is 19.0. The van der Waals surface area contributed by atoms with Crippen molar-refractivity contribution in [3.63, 3.8) is 0 Å². The van der Waals surface area contributed by atoms with Gasteiger partial charge in [0.25, 0.3) is 0 Å². The highest BCUT2D eigenvalue weighted by Crippen LogP contribution is 2.36. The smallest absolute Gasteiger partial charge is 0.328 e. The molecule has 0 aliphatic heterocycles. The Kier molecular flexibility index (Phi) is 43.6. The molecule has 0 saturated heterocycles. The Morgan fingerprint density at radius 2 is 0.635 bits per heavy atom. The molecule has 6 unspecified atom stereocenters. The predicted octanol–water partition coefficient (Wildman–Crippen LogP) is 18.5. The molecule has 4 aromatic carbocycles. The number of carboxylic acid groups (broad SMARTS) is 1. The van der Waals surface area contributed by atoms with Crippen LogP contribution in [-0.4, -0.2) is 89.3 Å². The van der Waals surface area contributed by atoms with Crippen LogP contribution in [0.2, 0.25) is 0 Å². The van der Waals surface area contributed by atoms with Crippen LogP contribution in [0.1, 0.15) is 240 Å². The summed E-state index contributed by atoms with van der Waals surface area (Å²) in [6.45, 7) is 50.9. The van der Waals surface area contributed by atoms with Crippen molar-refractivity contribution in [1.82, 2.24) is 21.3 Å². The standard InChI is InChI=1S/C38H58N2O4.C26H34N2O4.C18H35ClO.C6H12O2/c1-10-44-36(43)33(24-30-19-15-12-16-20-30)40-35(42)32(23-29-17-13-11-14-18-29)39-34(41)31(28(3)26-38(7,8)9)22-21-27(2)25-37(4,5)6;1-5-32-26(31)23(17-21-14-10-7-11-15-21)28-25(30)22(16-20-12-8-6-9-13-20)27-24(29)19(4)18(2)3;1-13(11-17(3,4)5)9-10-15(16(19)20)14(2)12-18(6,7)8;1-4(2)5(3)6(7)8/h11-20,27-28,31-33H,10,21-26H2,1-9H3,(H,39,41)(H,40,42);6-15,18-19,22-23H,5,16-17H2,1-4H3,(H,27,29)(H,28,30);13-15H,9-12H2,1-8H3;4-5H,1-3H3,(H,7,8)/t27?,28?,31?,32-,33-;19-,22-,23-;;5-/m00.0/s1. The summed E-state index contributed by atoms with van der Waals surface area (Å²) in [5, 5.41) is 20.0. The lowest BCUT2D eigenvalue weighted by molar-refractivity contribution is -0.148. The van der Waals surface area contributed by atoms with E-state index in [-0.39, 0.29) is 93.8 Å². The molecule has 0 fully saturated rings. The Labute approximate surface area is 634 Å². The first-order valence-electron chi connectivity index (χ1n) is 38.4. The van der Waals surface area contributed by atoms with E-state index in [2.05, 4.69) is 132 Å². The van der Waals surface area contributed by atoms with E-state index >= 15 is 0 Å². The molecular formula is C88H139ClN4O11. The van der Waals surface area contributed by atoms with Crippen molar-refractivity contribution in [3.05, 3.63) is 144 Å². The second kappa shape index (κ2) is 47.6. The SMILES string of the molecule is CC(C)[C@H](C)C(=O)O.CC(CCC(C(=O)Cl)C(C)CC(C)(C)C)CC(C)(C)C.CCOC(=O)[C@H](Cc1ccccc1)NC(=O)[C@H](Cc1ccccc1)NC(=O)C(CCC(C)CC(C)(C)C)C(C)CC(C)(C)C.CCOC(=O)[C@H](Cc1ccccc1)NC(=O)[C@H](Cc1ccccc1)NC(=O)[C@@H](C)C(C)C. The minimum absolute atomic E-state index is 0.0123. The van der Waals surface area contributed by atoms with E-state index in [1.54, 1.807) is 20.8 Å². The van der Waals surface area contributed by atoms with Crippen LogP contribution >= 0.6 is 11.6 Å². The largest absolute Gasteiger partial charge is 0.481 e. The van der Waals surface area contributed by atoms with Crippen molar-refractivity contribution >= 4 is 58.4 Å². The molecule has 15 nitrogen and oxygen atoms in total. The first-order valence-corrected chi connectivity index (χ1v) is 38.8. The number of carboxylic acids is 1. The quantitative estimate of drug-likeness (QED) is 0.0213. The molecule has 0 aliphatic carbocycles. The highest BCUT2D eigenvalue weighted by Gasteiger charge is 2.35. The van der Waals surface area contributed by atoms with Gasteiger partial charge in [0.2, 0.25) is 28.9 Å². The highest BCUT2D eigenvalue weighted by molar-refractivity contribution is 6.64. The van der Waals surface area contributed by atoms with Gasteiger partial charge < -0.3 is 35.8 Å². The van der Waals surface area contributed by atoms with Crippen LogP contribution in [0.15, 0.2) is 121 Å². The van der Waals surface area contributed by atoms with Gasteiger partial charge in [-0.1, -0.05) is 274 Å². The second-order valence-corrected chi connectivity index (χ2v) is 35.2. The number of benzene rings is 4. The molecule has 0 heterocycles. The number of halogens is 1. The van der Waals surface area contributed by atoms with Crippen LogP contribution in [0, 0.1) is 80.8 Å². The van der Waals surface area contributed by atoms with Crippen LogP contribution in [0.4, 0.5) is 0 Å². The average Bonchev–Trinajstić information content (AvgIpc) is 0.845. The maximum atomic E-state index is 14.1. The zero-order valence-corrected chi connectivity index (χ0v) is 69.2. The third kappa shape index (κ3) is 42.3. The fourth-order valence-electron chi connectivity index (χ4n) is 13.1. The number of hydrogen-bond donors (Lipinski definition) is 5. The lowest BCUT2D eigenvalue weighted by Gasteiger charge is -2.32. The molecule has 0 aromatic heterocycles. The Balaban J connectivity index is 0.000000784. The molecule has 4 amide bonds. The zero-order valence-electron chi connectivity index (χ0n) is 68.4. The van der Waals surface area contributed by atoms with Gasteiger partial charge in [0, 0.05) is 43.4 Å². The molecule has 12 atom stereocenters.